The summed E-state index contributed by atoms with van der Waals surface area (Å²) in [5.41, 5.74) is 0.272. The number of carbonyl (C=O) groups excluding carboxylic acids is 1. The zero-order valence-corrected chi connectivity index (χ0v) is 16.4. The molecule has 1 fully saturated rings. The van der Waals surface area contributed by atoms with Gasteiger partial charge in [-0.2, -0.15) is 4.31 Å². The summed E-state index contributed by atoms with van der Waals surface area (Å²) in [7, 11) is -3.59. The van der Waals surface area contributed by atoms with Gasteiger partial charge in [-0.05, 0) is 43.2 Å². The zero-order valence-electron chi connectivity index (χ0n) is 15.6. The number of carbonyl (C=O) groups is 1. The summed E-state index contributed by atoms with van der Waals surface area (Å²) in [6.45, 7) is 0.685. The molecule has 10 heteroatoms. The van der Waals surface area contributed by atoms with E-state index in [9.17, 15) is 23.3 Å². The second-order valence-electron chi connectivity index (χ2n) is 6.58. The van der Waals surface area contributed by atoms with E-state index in [0.29, 0.717) is 24.5 Å². The second kappa shape index (κ2) is 9.01. The first-order chi connectivity index (χ1) is 13.9. The third kappa shape index (κ3) is 5.30. The van der Waals surface area contributed by atoms with E-state index < -0.39 is 20.9 Å². The Kier molecular flexibility index (Phi) is 6.45. The molecule has 2 aromatic rings. The first-order valence-corrected chi connectivity index (χ1v) is 10.6. The van der Waals surface area contributed by atoms with Crippen LogP contribution in [-0.4, -0.2) is 43.2 Å². The zero-order chi connectivity index (χ0) is 20.9. The van der Waals surface area contributed by atoms with Gasteiger partial charge in [-0.1, -0.05) is 12.5 Å². The van der Waals surface area contributed by atoms with E-state index in [1.54, 1.807) is 12.1 Å². The van der Waals surface area contributed by atoms with Crippen LogP contribution >= 0.6 is 0 Å². The van der Waals surface area contributed by atoms with Crippen molar-refractivity contribution in [3.63, 3.8) is 0 Å². The quantitative estimate of drug-likeness (QED) is 0.544. The van der Waals surface area contributed by atoms with Crippen molar-refractivity contribution >= 4 is 27.3 Å². The molecule has 1 aliphatic heterocycles. The maximum atomic E-state index is 12.8. The molecule has 9 nitrogen and oxygen atoms in total. The van der Waals surface area contributed by atoms with Crippen LogP contribution in [-0.2, 0) is 14.8 Å². The Bertz CT molecular complexity index is 985. The van der Waals surface area contributed by atoms with Crippen LogP contribution in [0.1, 0.15) is 19.3 Å². The van der Waals surface area contributed by atoms with E-state index in [-0.39, 0.29) is 17.2 Å². The molecule has 0 atom stereocenters. The van der Waals surface area contributed by atoms with Gasteiger partial charge in [0.2, 0.25) is 10.0 Å². The lowest BCUT2D eigenvalue weighted by Gasteiger charge is -2.26. The van der Waals surface area contributed by atoms with Gasteiger partial charge in [0.15, 0.2) is 6.61 Å². The van der Waals surface area contributed by atoms with E-state index >= 15 is 0 Å². The van der Waals surface area contributed by atoms with Gasteiger partial charge in [-0.3, -0.25) is 14.9 Å². The van der Waals surface area contributed by atoms with E-state index in [1.807, 2.05) is 0 Å². The van der Waals surface area contributed by atoms with Crippen molar-refractivity contribution in [2.24, 2.45) is 0 Å². The molecule has 0 aromatic heterocycles. The Morgan fingerprint density at radius 3 is 2.45 bits per heavy atom. The number of non-ortho nitro benzene ring substituents is 1. The van der Waals surface area contributed by atoms with Crippen LogP contribution in [0.2, 0.25) is 0 Å². The summed E-state index contributed by atoms with van der Waals surface area (Å²) >= 11 is 0. The third-order valence-electron chi connectivity index (χ3n) is 4.49. The minimum atomic E-state index is -3.59. The van der Waals surface area contributed by atoms with Gasteiger partial charge >= 0.3 is 0 Å². The number of ether oxygens (including phenoxy) is 1. The van der Waals surface area contributed by atoms with Crippen molar-refractivity contribution in [1.29, 1.82) is 0 Å². The first kappa shape index (κ1) is 20.7. The molecule has 2 aromatic carbocycles. The molecular weight excluding hydrogens is 398 g/mol. The van der Waals surface area contributed by atoms with Crippen molar-refractivity contribution in [3.8, 4) is 5.75 Å². The van der Waals surface area contributed by atoms with Crippen LogP contribution in [0.3, 0.4) is 0 Å². The van der Waals surface area contributed by atoms with Gasteiger partial charge in [0.05, 0.1) is 9.82 Å². The number of benzene rings is 2. The van der Waals surface area contributed by atoms with E-state index in [0.717, 1.165) is 19.3 Å². The summed E-state index contributed by atoms with van der Waals surface area (Å²) in [4.78, 5) is 22.4. The lowest BCUT2D eigenvalue weighted by atomic mass is 10.2. The molecule has 0 spiro atoms. The molecule has 29 heavy (non-hydrogen) atoms. The Labute approximate surface area is 168 Å². The number of sulfonamides is 1. The molecule has 1 heterocycles. The highest BCUT2D eigenvalue weighted by Gasteiger charge is 2.26. The molecule has 154 valence electrons. The number of anilines is 1. The van der Waals surface area contributed by atoms with Crippen molar-refractivity contribution in [2.45, 2.75) is 24.2 Å². The molecule has 0 bridgehead atoms. The first-order valence-electron chi connectivity index (χ1n) is 9.13. The van der Waals surface area contributed by atoms with Gasteiger partial charge < -0.3 is 10.1 Å². The summed E-state index contributed by atoms with van der Waals surface area (Å²) in [6.07, 6.45) is 2.71. The molecule has 0 unspecified atom stereocenters. The summed E-state index contributed by atoms with van der Waals surface area (Å²) in [5, 5.41) is 13.2. The normalized spacial score (nSPS) is 14.9. The largest absolute Gasteiger partial charge is 0.484 e. The highest BCUT2D eigenvalue weighted by Crippen LogP contribution is 2.23. The number of nitro groups is 1. The topological polar surface area (TPSA) is 119 Å². The van der Waals surface area contributed by atoms with E-state index in [1.165, 1.54) is 40.7 Å². The Morgan fingerprint density at radius 2 is 1.79 bits per heavy atom. The monoisotopic (exact) mass is 419 g/mol. The molecular formula is C19H21N3O6S. The number of hydrogen-bond acceptors (Lipinski definition) is 6. The van der Waals surface area contributed by atoms with Crippen LogP contribution < -0.4 is 10.1 Å². The molecule has 3 rings (SSSR count). The van der Waals surface area contributed by atoms with Crippen LogP contribution in [0.25, 0.3) is 0 Å². The van der Waals surface area contributed by atoms with Crippen LogP contribution in [0.4, 0.5) is 11.4 Å². The Hall–Kier alpha value is -2.98. The smallest absolute Gasteiger partial charge is 0.269 e. The predicted octanol–water partition coefficient (Wildman–Crippen LogP) is 2.79. The fourth-order valence-corrected chi connectivity index (χ4v) is 4.56. The number of hydrogen-bond donors (Lipinski definition) is 1. The maximum absolute atomic E-state index is 12.8. The Balaban J connectivity index is 1.60. The number of piperidine rings is 1. The van der Waals surface area contributed by atoms with Crippen molar-refractivity contribution in [2.75, 3.05) is 25.0 Å². The number of nitrogens with zero attached hydrogens (tertiary/aromatic N) is 2. The predicted molar refractivity (Wildman–Crippen MR) is 106 cm³/mol. The van der Waals surface area contributed by atoms with Crippen molar-refractivity contribution < 1.29 is 22.9 Å². The fraction of sp³-hybridized carbons (Fsp3) is 0.316. The fourth-order valence-electron chi connectivity index (χ4n) is 3.00. The molecule has 0 radical (unpaired) electrons. The Morgan fingerprint density at radius 1 is 1.10 bits per heavy atom. The third-order valence-corrected chi connectivity index (χ3v) is 6.38. The van der Waals surface area contributed by atoms with E-state index in [2.05, 4.69) is 5.32 Å². The average molecular weight is 419 g/mol. The summed E-state index contributed by atoms with van der Waals surface area (Å²) in [5.74, 6) is -0.164. The van der Waals surface area contributed by atoms with Gasteiger partial charge in [0.25, 0.3) is 11.6 Å². The number of amides is 1. The average Bonchev–Trinajstić information content (AvgIpc) is 2.73. The standard InChI is InChI=1S/C19H21N3O6S/c23-19(14-28-17-9-7-16(8-10-17)22(24)25)20-15-5-4-6-18(13-15)29(26,27)21-11-2-1-3-12-21/h4-10,13H,1-3,11-12,14H2,(H,20,23). The van der Waals surface area contributed by atoms with Crippen LogP contribution in [0, 0.1) is 10.1 Å². The molecule has 1 N–H and O–H groups in total. The van der Waals surface area contributed by atoms with Gasteiger partial charge in [-0.25, -0.2) is 8.42 Å². The highest BCUT2D eigenvalue weighted by atomic mass is 32.2. The van der Waals surface area contributed by atoms with Gasteiger partial charge in [0.1, 0.15) is 5.75 Å². The van der Waals surface area contributed by atoms with Gasteiger partial charge in [-0.15, -0.1) is 0 Å². The van der Waals surface area contributed by atoms with Crippen molar-refractivity contribution in [3.05, 3.63) is 58.6 Å². The lowest BCUT2D eigenvalue weighted by Crippen LogP contribution is -2.35. The second-order valence-corrected chi connectivity index (χ2v) is 8.52. The lowest BCUT2D eigenvalue weighted by molar-refractivity contribution is -0.384. The summed E-state index contributed by atoms with van der Waals surface area (Å²) < 4.78 is 32.3. The number of rotatable bonds is 7. The summed E-state index contributed by atoms with van der Waals surface area (Å²) in [6, 6.07) is 11.5. The molecule has 0 aliphatic carbocycles. The highest BCUT2D eigenvalue weighted by molar-refractivity contribution is 7.89. The molecule has 1 saturated heterocycles. The molecule has 1 aliphatic rings. The minimum Gasteiger partial charge on any atom is -0.484 e. The number of nitrogens with one attached hydrogen (secondary N) is 1. The van der Waals surface area contributed by atoms with E-state index in [4.69, 9.17) is 4.74 Å². The molecule has 1 amide bonds. The van der Waals surface area contributed by atoms with Gasteiger partial charge in [0, 0.05) is 30.9 Å². The van der Waals surface area contributed by atoms with Crippen molar-refractivity contribution in [1.82, 2.24) is 4.31 Å². The minimum absolute atomic E-state index is 0.0754. The molecule has 0 saturated carbocycles. The SMILES string of the molecule is O=C(COc1ccc([N+](=O)[O-])cc1)Nc1cccc(S(=O)(=O)N2CCCCC2)c1. The van der Waals surface area contributed by atoms with Crippen LogP contribution in [0.5, 0.6) is 5.75 Å². The number of nitro benzene ring substituents is 1. The van der Waals surface area contributed by atoms with Crippen LogP contribution in [0.15, 0.2) is 53.4 Å². The maximum Gasteiger partial charge on any atom is 0.269 e.